The lowest BCUT2D eigenvalue weighted by molar-refractivity contribution is 0.0853. The van der Waals surface area contributed by atoms with Crippen molar-refractivity contribution in [3.63, 3.8) is 0 Å². The molecule has 0 N–H and O–H groups in total. The normalized spacial score (nSPS) is 14.4. The smallest absolute Gasteiger partial charge is 0.269 e. The van der Waals surface area contributed by atoms with Crippen LogP contribution in [0.1, 0.15) is 23.8 Å². The van der Waals surface area contributed by atoms with Gasteiger partial charge in [0.1, 0.15) is 28.4 Å². The molecule has 0 atom stereocenters. The predicted molar refractivity (Wildman–Crippen MR) is 146 cm³/mol. The van der Waals surface area contributed by atoms with E-state index in [9.17, 15) is 17.2 Å². The summed E-state index contributed by atoms with van der Waals surface area (Å²) in [6, 6.07) is 9.57. The molecule has 3 heterocycles. The molecule has 5 rings (SSSR count). The summed E-state index contributed by atoms with van der Waals surface area (Å²) in [6.45, 7) is 0.510. The standard InChI is InChI=1S/C27H23ClF3N3O4S2/c1-37-15-34(40(35,36)22-14-18(29)5-6-20(22)30)21-4-2-3-19(24(21)31)25-26(17-7-10-32-23(28)13-17)39-27(33-25)16-8-11-38-12-9-16/h2-7,10,13-14,16H,8-9,11-12,15H2,1H3. The lowest BCUT2D eigenvalue weighted by Crippen LogP contribution is -2.34. The zero-order chi connectivity index (χ0) is 28.4. The van der Waals surface area contributed by atoms with E-state index in [1.165, 1.54) is 42.8 Å². The number of hydrogen-bond acceptors (Lipinski definition) is 7. The summed E-state index contributed by atoms with van der Waals surface area (Å²) in [4.78, 5) is 8.51. The van der Waals surface area contributed by atoms with Crippen LogP contribution in [0.4, 0.5) is 18.9 Å². The Hall–Kier alpha value is -3.03. The van der Waals surface area contributed by atoms with Crippen molar-refractivity contribution in [2.75, 3.05) is 31.4 Å². The maximum atomic E-state index is 16.4. The third-order valence-corrected chi connectivity index (χ3v) is 9.64. The van der Waals surface area contributed by atoms with Crippen LogP contribution in [0.5, 0.6) is 0 Å². The first-order chi connectivity index (χ1) is 19.2. The SMILES string of the molecule is COCN(c1cccc(-c2nc(C3CCOCC3)sc2-c2ccnc(Cl)c2)c1F)S(=O)(=O)c1cc(F)ccc1F. The van der Waals surface area contributed by atoms with Gasteiger partial charge in [0, 0.05) is 38.0 Å². The average Bonchev–Trinajstić information content (AvgIpc) is 3.39. The second-order valence-corrected chi connectivity index (χ2v) is 12.2. The Bertz CT molecular complexity index is 1650. The highest BCUT2D eigenvalue weighted by Gasteiger charge is 2.32. The van der Waals surface area contributed by atoms with Crippen molar-refractivity contribution in [2.24, 2.45) is 0 Å². The van der Waals surface area contributed by atoms with Crippen LogP contribution >= 0.6 is 22.9 Å². The van der Waals surface area contributed by atoms with Crippen molar-refractivity contribution in [3.8, 4) is 21.7 Å². The highest BCUT2D eigenvalue weighted by Crippen LogP contribution is 2.44. The molecular weight excluding hydrogens is 587 g/mol. The molecule has 0 amide bonds. The molecule has 4 aromatic rings. The number of anilines is 1. The minimum atomic E-state index is -4.77. The molecule has 0 spiro atoms. The minimum absolute atomic E-state index is 0.0195. The van der Waals surface area contributed by atoms with Crippen molar-refractivity contribution < 1.29 is 31.1 Å². The number of rotatable bonds is 8. The Morgan fingerprint density at radius 1 is 1.12 bits per heavy atom. The van der Waals surface area contributed by atoms with Crippen LogP contribution in [0.15, 0.2) is 59.6 Å². The maximum absolute atomic E-state index is 16.4. The molecule has 1 fully saturated rings. The molecular formula is C27H23ClF3N3O4S2. The molecule has 1 aliphatic rings. The molecule has 210 valence electrons. The summed E-state index contributed by atoms with van der Waals surface area (Å²) < 4.78 is 82.8. The molecule has 0 saturated carbocycles. The Kier molecular flexibility index (Phi) is 8.43. The van der Waals surface area contributed by atoms with Crippen LogP contribution in [0.2, 0.25) is 5.15 Å². The van der Waals surface area contributed by atoms with E-state index in [0.29, 0.717) is 45.8 Å². The molecule has 1 saturated heterocycles. The molecule has 2 aromatic carbocycles. The number of pyridine rings is 1. The van der Waals surface area contributed by atoms with Crippen molar-refractivity contribution >= 4 is 38.6 Å². The van der Waals surface area contributed by atoms with Gasteiger partial charge in [0.2, 0.25) is 0 Å². The van der Waals surface area contributed by atoms with Crippen LogP contribution < -0.4 is 4.31 Å². The van der Waals surface area contributed by atoms with E-state index >= 15 is 4.39 Å². The Morgan fingerprint density at radius 2 is 1.90 bits per heavy atom. The van der Waals surface area contributed by atoms with Crippen LogP contribution in [-0.2, 0) is 19.5 Å². The number of ether oxygens (including phenoxy) is 2. The minimum Gasteiger partial charge on any atom is -0.381 e. The van der Waals surface area contributed by atoms with Gasteiger partial charge in [-0.1, -0.05) is 17.7 Å². The van der Waals surface area contributed by atoms with Crippen molar-refractivity contribution in [1.29, 1.82) is 0 Å². The van der Waals surface area contributed by atoms with Crippen LogP contribution in [0.3, 0.4) is 0 Å². The first kappa shape index (κ1) is 28.5. The van der Waals surface area contributed by atoms with E-state index in [4.69, 9.17) is 26.1 Å². The number of thiazole rings is 1. The van der Waals surface area contributed by atoms with Gasteiger partial charge in [-0.05, 0) is 60.9 Å². The zero-order valence-corrected chi connectivity index (χ0v) is 23.5. The highest BCUT2D eigenvalue weighted by atomic mass is 35.5. The summed E-state index contributed by atoms with van der Waals surface area (Å²) in [5.74, 6) is -2.96. The zero-order valence-electron chi connectivity index (χ0n) is 21.1. The third-order valence-electron chi connectivity index (χ3n) is 6.41. The number of halogens is 4. The lowest BCUT2D eigenvalue weighted by atomic mass is 10.0. The van der Waals surface area contributed by atoms with Crippen molar-refractivity contribution in [2.45, 2.75) is 23.7 Å². The molecule has 2 aromatic heterocycles. The van der Waals surface area contributed by atoms with Gasteiger partial charge in [0.05, 0.1) is 21.3 Å². The lowest BCUT2D eigenvalue weighted by Gasteiger charge is -2.25. The monoisotopic (exact) mass is 609 g/mol. The van der Waals surface area contributed by atoms with Crippen molar-refractivity contribution in [1.82, 2.24) is 9.97 Å². The van der Waals surface area contributed by atoms with Gasteiger partial charge in [0.25, 0.3) is 10.0 Å². The summed E-state index contributed by atoms with van der Waals surface area (Å²) >= 11 is 7.55. The van der Waals surface area contributed by atoms with E-state index in [-0.39, 0.29) is 16.6 Å². The Labute approximate surface area is 238 Å². The van der Waals surface area contributed by atoms with Crippen LogP contribution in [-0.4, -0.2) is 45.4 Å². The highest BCUT2D eigenvalue weighted by molar-refractivity contribution is 7.92. The third kappa shape index (κ3) is 5.59. The molecule has 0 unspecified atom stereocenters. The summed E-state index contributed by atoms with van der Waals surface area (Å²) in [6.07, 6.45) is 3.04. The number of sulfonamides is 1. The van der Waals surface area contributed by atoms with E-state index in [0.717, 1.165) is 23.9 Å². The second-order valence-electron chi connectivity index (χ2n) is 8.97. The van der Waals surface area contributed by atoms with Gasteiger partial charge in [-0.2, -0.15) is 0 Å². The second kappa shape index (κ2) is 11.8. The number of hydrogen-bond donors (Lipinski definition) is 0. The van der Waals surface area contributed by atoms with E-state index in [2.05, 4.69) is 4.98 Å². The summed E-state index contributed by atoms with van der Waals surface area (Å²) in [7, 11) is -3.57. The summed E-state index contributed by atoms with van der Waals surface area (Å²) in [5, 5.41) is 1.03. The molecule has 13 heteroatoms. The molecule has 7 nitrogen and oxygen atoms in total. The van der Waals surface area contributed by atoms with Gasteiger partial charge in [-0.3, -0.25) is 0 Å². The quantitative estimate of drug-likeness (QED) is 0.165. The topological polar surface area (TPSA) is 81.6 Å². The first-order valence-corrected chi connectivity index (χ1v) is 14.8. The van der Waals surface area contributed by atoms with Crippen LogP contribution in [0, 0.1) is 17.5 Å². The fourth-order valence-electron chi connectivity index (χ4n) is 4.45. The van der Waals surface area contributed by atoms with Crippen LogP contribution in [0.25, 0.3) is 21.7 Å². The Morgan fingerprint density at radius 3 is 2.62 bits per heavy atom. The first-order valence-electron chi connectivity index (χ1n) is 12.2. The fourth-order valence-corrected chi connectivity index (χ4v) is 7.33. The van der Waals surface area contributed by atoms with E-state index < -0.39 is 44.8 Å². The van der Waals surface area contributed by atoms with E-state index in [1.54, 1.807) is 12.1 Å². The molecule has 1 aliphatic heterocycles. The van der Waals surface area contributed by atoms with E-state index in [1.807, 2.05) is 0 Å². The molecule has 0 aliphatic carbocycles. The molecule has 40 heavy (non-hydrogen) atoms. The number of aromatic nitrogens is 2. The predicted octanol–water partition coefficient (Wildman–Crippen LogP) is 6.64. The maximum Gasteiger partial charge on any atom is 0.269 e. The largest absolute Gasteiger partial charge is 0.381 e. The van der Waals surface area contributed by atoms with Gasteiger partial charge >= 0.3 is 0 Å². The fraction of sp³-hybridized carbons (Fsp3) is 0.259. The summed E-state index contributed by atoms with van der Waals surface area (Å²) in [5.41, 5.74) is 0.562. The number of benzene rings is 2. The van der Waals surface area contributed by atoms with Crippen molar-refractivity contribution in [3.05, 3.63) is 82.3 Å². The molecule has 0 bridgehead atoms. The number of nitrogens with zero attached hydrogens (tertiary/aromatic N) is 3. The van der Waals surface area contributed by atoms with Gasteiger partial charge in [0.15, 0.2) is 5.82 Å². The number of methoxy groups -OCH3 is 1. The van der Waals surface area contributed by atoms with Gasteiger partial charge in [-0.15, -0.1) is 11.3 Å². The van der Waals surface area contributed by atoms with Gasteiger partial charge in [-0.25, -0.2) is 35.9 Å². The van der Waals surface area contributed by atoms with Gasteiger partial charge < -0.3 is 9.47 Å². The Balaban J connectivity index is 1.66. The molecule has 0 radical (unpaired) electrons. The average molecular weight is 610 g/mol.